The van der Waals surface area contributed by atoms with E-state index in [-0.39, 0.29) is 12.0 Å². The average molecular weight is 219 g/mol. The van der Waals surface area contributed by atoms with E-state index < -0.39 is 0 Å². The molecule has 1 aromatic carbocycles. The fourth-order valence-corrected chi connectivity index (χ4v) is 2.07. The first-order chi connectivity index (χ1) is 7.70. The van der Waals surface area contributed by atoms with Crippen LogP contribution in [0, 0.1) is 6.92 Å². The number of carbonyl (C=O) groups excluding carboxylic acids is 1. The van der Waals surface area contributed by atoms with Crippen molar-refractivity contribution in [1.29, 1.82) is 0 Å². The quantitative estimate of drug-likeness (QED) is 0.759. The Hall–Kier alpha value is -1.35. The minimum absolute atomic E-state index is 0.114. The molecule has 1 saturated heterocycles. The summed E-state index contributed by atoms with van der Waals surface area (Å²) in [5, 5.41) is 0. The number of likely N-dealkylation sites (tertiary alicyclic amines) is 1. The van der Waals surface area contributed by atoms with E-state index >= 15 is 0 Å². The van der Waals surface area contributed by atoms with Gasteiger partial charge in [0.25, 0.3) is 5.91 Å². The van der Waals surface area contributed by atoms with E-state index in [1.807, 2.05) is 36.1 Å². The van der Waals surface area contributed by atoms with Crippen LogP contribution in [0.1, 0.15) is 22.3 Å². The van der Waals surface area contributed by atoms with Gasteiger partial charge in [-0.2, -0.15) is 0 Å². The van der Waals surface area contributed by atoms with Crippen LogP contribution in [-0.4, -0.2) is 37.1 Å². The standard InChI is InChI=1S/C13H17NO2/c1-10-4-3-5-11(8-10)13(15)14-7-6-12(9-14)16-2/h3-5,8,12H,6-7,9H2,1-2H3/t12-/m0/s1. The Kier molecular flexibility index (Phi) is 3.25. The minimum Gasteiger partial charge on any atom is -0.380 e. The maximum absolute atomic E-state index is 12.1. The van der Waals surface area contributed by atoms with Crippen LogP contribution in [0.2, 0.25) is 0 Å². The molecule has 16 heavy (non-hydrogen) atoms. The molecule has 1 aliphatic rings. The molecule has 1 heterocycles. The summed E-state index contributed by atoms with van der Waals surface area (Å²) in [6.45, 7) is 3.51. The van der Waals surface area contributed by atoms with Crippen molar-refractivity contribution in [2.75, 3.05) is 20.2 Å². The Morgan fingerprint density at radius 2 is 2.31 bits per heavy atom. The smallest absolute Gasteiger partial charge is 0.253 e. The van der Waals surface area contributed by atoms with Crippen molar-refractivity contribution in [2.45, 2.75) is 19.4 Å². The number of ether oxygens (including phenoxy) is 1. The second-order valence-electron chi connectivity index (χ2n) is 4.27. The molecule has 0 bridgehead atoms. The number of hydrogen-bond donors (Lipinski definition) is 0. The van der Waals surface area contributed by atoms with Crippen LogP contribution in [-0.2, 0) is 4.74 Å². The Bertz CT molecular complexity index is 389. The predicted octanol–water partition coefficient (Wildman–Crippen LogP) is 1.86. The molecule has 3 heteroatoms. The average Bonchev–Trinajstić information content (AvgIpc) is 2.76. The largest absolute Gasteiger partial charge is 0.380 e. The second kappa shape index (κ2) is 4.66. The van der Waals surface area contributed by atoms with E-state index in [0.29, 0.717) is 6.54 Å². The molecule has 0 spiro atoms. The van der Waals surface area contributed by atoms with Crippen molar-refractivity contribution >= 4 is 5.91 Å². The third-order valence-corrected chi connectivity index (χ3v) is 3.03. The molecule has 1 aliphatic heterocycles. The van der Waals surface area contributed by atoms with Gasteiger partial charge < -0.3 is 9.64 Å². The van der Waals surface area contributed by atoms with E-state index in [0.717, 1.165) is 24.1 Å². The first-order valence-electron chi connectivity index (χ1n) is 5.59. The molecule has 1 fully saturated rings. The lowest BCUT2D eigenvalue weighted by Gasteiger charge is -2.16. The van der Waals surface area contributed by atoms with Gasteiger partial charge in [0.15, 0.2) is 0 Å². The van der Waals surface area contributed by atoms with Crippen LogP contribution in [0.15, 0.2) is 24.3 Å². The molecule has 0 saturated carbocycles. The Morgan fingerprint density at radius 1 is 1.50 bits per heavy atom. The van der Waals surface area contributed by atoms with Crippen LogP contribution in [0.25, 0.3) is 0 Å². The topological polar surface area (TPSA) is 29.5 Å². The summed E-state index contributed by atoms with van der Waals surface area (Å²) in [5.74, 6) is 0.114. The van der Waals surface area contributed by atoms with Gasteiger partial charge in [0, 0.05) is 25.8 Å². The number of methoxy groups -OCH3 is 1. The molecule has 86 valence electrons. The van der Waals surface area contributed by atoms with Crippen LogP contribution in [0.4, 0.5) is 0 Å². The van der Waals surface area contributed by atoms with Gasteiger partial charge in [-0.1, -0.05) is 17.7 Å². The summed E-state index contributed by atoms with van der Waals surface area (Å²) in [6.07, 6.45) is 1.14. The number of hydrogen-bond acceptors (Lipinski definition) is 2. The molecule has 3 nitrogen and oxygen atoms in total. The zero-order valence-electron chi connectivity index (χ0n) is 9.77. The van der Waals surface area contributed by atoms with Crippen molar-refractivity contribution in [2.24, 2.45) is 0 Å². The van der Waals surface area contributed by atoms with Gasteiger partial charge in [0.2, 0.25) is 0 Å². The van der Waals surface area contributed by atoms with Crippen molar-refractivity contribution < 1.29 is 9.53 Å². The Morgan fingerprint density at radius 3 is 2.94 bits per heavy atom. The lowest BCUT2D eigenvalue weighted by atomic mass is 10.1. The molecule has 0 unspecified atom stereocenters. The summed E-state index contributed by atoms with van der Waals surface area (Å²) < 4.78 is 5.26. The molecule has 2 rings (SSSR count). The third-order valence-electron chi connectivity index (χ3n) is 3.03. The van der Waals surface area contributed by atoms with Gasteiger partial charge in [-0.3, -0.25) is 4.79 Å². The van der Waals surface area contributed by atoms with E-state index in [9.17, 15) is 4.79 Å². The normalized spacial score (nSPS) is 20.1. The Balaban J connectivity index is 2.08. The zero-order chi connectivity index (χ0) is 11.5. The molecule has 0 aromatic heterocycles. The maximum atomic E-state index is 12.1. The SMILES string of the molecule is CO[C@H]1CCN(C(=O)c2cccc(C)c2)C1. The number of carbonyl (C=O) groups is 1. The lowest BCUT2D eigenvalue weighted by Crippen LogP contribution is -2.29. The zero-order valence-corrected chi connectivity index (χ0v) is 9.77. The number of benzene rings is 1. The highest BCUT2D eigenvalue weighted by Crippen LogP contribution is 2.16. The summed E-state index contributed by atoms with van der Waals surface area (Å²) in [4.78, 5) is 14.0. The third kappa shape index (κ3) is 2.25. The van der Waals surface area contributed by atoms with Crippen molar-refractivity contribution in [3.05, 3.63) is 35.4 Å². The monoisotopic (exact) mass is 219 g/mol. The summed E-state index contributed by atoms with van der Waals surface area (Å²) in [7, 11) is 1.70. The summed E-state index contributed by atoms with van der Waals surface area (Å²) >= 11 is 0. The molecule has 0 aliphatic carbocycles. The highest BCUT2D eigenvalue weighted by atomic mass is 16.5. The molecular weight excluding hydrogens is 202 g/mol. The van der Waals surface area contributed by atoms with E-state index in [1.54, 1.807) is 7.11 Å². The second-order valence-corrected chi connectivity index (χ2v) is 4.27. The molecule has 0 N–H and O–H groups in total. The minimum atomic E-state index is 0.114. The fourth-order valence-electron chi connectivity index (χ4n) is 2.07. The summed E-state index contributed by atoms with van der Waals surface area (Å²) in [5.41, 5.74) is 1.89. The first kappa shape index (κ1) is 11.1. The highest BCUT2D eigenvalue weighted by Gasteiger charge is 2.26. The van der Waals surface area contributed by atoms with Gasteiger partial charge >= 0.3 is 0 Å². The van der Waals surface area contributed by atoms with Crippen LogP contribution < -0.4 is 0 Å². The molecule has 1 amide bonds. The highest BCUT2D eigenvalue weighted by molar-refractivity contribution is 5.94. The van der Waals surface area contributed by atoms with Gasteiger partial charge in [-0.25, -0.2) is 0 Å². The van der Waals surface area contributed by atoms with E-state index in [2.05, 4.69) is 0 Å². The number of nitrogens with zero attached hydrogens (tertiary/aromatic N) is 1. The lowest BCUT2D eigenvalue weighted by molar-refractivity contribution is 0.0724. The van der Waals surface area contributed by atoms with Crippen LogP contribution in [0.5, 0.6) is 0 Å². The molecular formula is C13H17NO2. The van der Waals surface area contributed by atoms with E-state index in [4.69, 9.17) is 4.74 Å². The van der Waals surface area contributed by atoms with Gasteiger partial charge in [-0.05, 0) is 25.5 Å². The first-order valence-corrected chi connectivity index (χ1v) is 5.59. The molecule has 1 aromatic rings. The van der Waals surface area contributed by atoms with Gasteiger partial charge in [0.1, 0.15) is 0 Å². The predicted molar refractivity (Wildman–Crippen MR) is 62.5 cm³/mol. The van der Waals surface area contributed by atoms with E-state index in [1.165, 1.54) is 0 Å². The summed E-state index contributed by atoms with van der Waals surface area (Å²) in [6, 6.07) is 7.73. The number of aryl methyl sites for hydroxylation is 1. The molecule has 0 radical (unpaired) electrons. The molecule has 1 atom stereocenters. The van der Waals surface area contributed by atoms with Gasteiger partial charge in [0.05, 0.1) is 6.10 Å². The van der Waals surface area contributed by atoms with Crippen molar-refractivity contribution in [3.63, 3.8) is 0 Å². The van der Waals surface area contributed by atoms with Crippen LogP contribution in [0.3, 0.4) is 0 Å². The van der Waals surface area contributed by atoms with Crippen molar-refractivity contribution in [3.8, 4) is 0 Å². The maximum Gasteiger partial charge on any atom is 0.253 e. The fraction of sp³-hybridized carbons (Fsp3) is 0.462. The van der Waals surface area contributed by atoms with Gasteiger partial charge in [-0.15, -0.1) is 0 Å². The number of rotatable bonds is 2. The van der Waals surface area contributed by atoms with Crippen molar-refractivity contribution in [1.82, 2.24) is 4.90 Å². The number of amides is 1. The Labute approximate surface area is 96.0 Å². The van der Waals surface area contributed by atoms with Crippen LogP contribution >= 0.6 is 0 Å².